The molecule has 8 heteroatoms. The lowest BCUT2D eigenvalue weighted by molar-refractivity contribution is -0.146. The number of nitrogens with one attached hydrogen (secondary N) is 2. The van der Waals surface area contributed by atoms with Crippen LogP contribution >= 0.6 is 0 Å². The summed E-state index contributed by atoms with van der Waals surface area (Å²) >= 11 is 0. The molecule has 1 amide bonds. The van der Waals surface area contributed by atoms with Gasteiger partial charge in [-0.15, -0.1) is 6.58 Å². The highest BCUT2D eigenvalue weighted by Gasteiger charge is 2.34. The van der Waals surface area contributed by atoms with Gasteiger partial charge in [0.15, 0.2) is 0 Å². The normalized spacial score (nSPS) is 15.8. The van der Waals surface area contributed by atoms with E-state index in [0.717, 1.165) is 5.56 Å². The van der Waals surface area contributed by atoms with Crippen LogP contribution in [0.25, 0.3) is 0 Å². The maximum Gasteiger partial charge on any atom is 0.328 e. The molecule has 1 aromatic rings. The smallest absolute Gasteiger partial charge is 0.328 e. The molecule has 7 nitrogen and oxygen atoms in total. The van der Waals surface area contributed by atoms with E-state index in [4.69, 9.17) is 4.74 Å². The average molecular weight is 411 g/mol. The molecule has 1 rings (SSSR count). The molecule has 0 bridgehead atoms. The van der Waals surface area contributed by atoms with Crippen molar-refractivity contribution in [1.82, 2.24) is 10.0 Å². The molecule has 2 N–H and O–H groups in total. The molecule has 0 aromatic heterocycles. The second-order valence-corrected chi connectivity index (χ2v) is 8.62. The van der Waals surface area contributed by atoms with E-state index in [-0.39, 0.29) is 16.7 Å². The van der Waals surface area contributed by atoms with Gasteiger partial charge in [0.2, 0.25) is 15.9 Å². The first kappa shape index (κ1) is 23.8. The van der Waals surface area contributed by atoms with Gasteiger partial charge in [0.25, 0.3) is 0 Å². The Labute approximate surface area is 167 Å². The lowest BCUT2D eigenvalue weighted by Gasteiger charge is -2.27. The molecule has 0 fully saturated rings. The fraction of sp³-hybridized carbons (Fsp3) is 0.500. The fourth-order valence-corrected chi connectivity index (χ4v) is 3.83. The van der Waals surface area contributed by atoms with Gasteiger partial charge in [-0.1, -0.05) is 51.0 Å². The third kappa shape index (κ3) is 6.17. The van der Waals surface area contributed by atoms with Crippen LogP contribution in [-0.2, 0) is 24.3 Å². The van der Waals surface area contributed by atoms with E-state index >= 15 is 0 Å². The van der Waals surface area contributed by atoms with E-state index in [0.29, 0.717) is 6.42 Å². The van der Waals surface area contributed by atoms with Crippen LogP contribution in [-0.4, -0.2) is 39.5 Å². The van der Waals surface area contributed by atoms with Gasteiger partial charge in [-0.2, -0.15) is 4.72 Å². The maximum absolute atomic E-state index is 12.9. The Kier molecular flexibility index (Phi) is 8.84. The van der Waals surface area contributed by atoms with Crippen molar-refractivity contribution in [2.45, 2.75) is 51.1 Å². The Balaban J connectivity index is 3.13. The Hall–Kier alpha value is -2.19. The predicted octanol–water partition coefficient (Wildman–Crippen LogP) is 2.17. The van der Waals surface area contributed by atoms with E-state index in [1.54, 1.807) is 26.0 Å². The summed E-state index contributed by atoms with van der Waals surface area (Å²) in [6.07, 6.45) is 2.09. The summed E-state index contributed by atoms with van der Waals surface area (Å²) < 4.78 is 32.7. The lowest BCUT2D eigenvalue weighted by atomic mass is 9.97. The quantitative estimate of drug-likeness (QED) is 0.455. The molecule has 0 aliphatic rings. The zero-order valence-electron chi connectivity index (χ0n) is 17.1. The molecule has 28 heavy (non-hydrogen) atoms. The van der Waals surface area contributed by atoms with Crippen molar-refractivity contribution in [3.8, 4) is 0 Å². The van der Waals surface area contributed by atoms with Gasteiger partial charge in [0, 0.05) is 5.92 Å². The van der Waals surface area contributed by atoms with Crippen LogP contribution in [0.1, 0.15) is 32.8 Å². The minimum atomic E-state index is -3.91. The summed E-state index contributed by atoms with van der Waals surface area (Å²) in [5.74, 6) is -1.89. The number of esters is 1. The highest BCUT2D eigenvalue weighted by molar-refractivity contribution is 7.89. The Morgan fingerprint density at radius 3 is 2.21 bits per heavy atom. The number of sulfonamides is 1. The van der Waals surface area contributed by atoms with Crippen molar-refractivity contribution in [3.05, 3.63) is 42.5 Å². The van der Waals surface area contributed by atoms with E-state index in [9.17, 15) is 18.0 Å². The topological polar surface area (TPSA) is 102 Å². The SMILES string of the molecule is C=C[C@@H](C)[C@H](NC(=O)[C@@H](NS(=O)(=O)c1ccc(C)cc1)[C@@H](C)CC)C(=O)OC. The molecule has 0 unspecified atom stereocenters. The minimum absolute atomic E-state index is 0.0724. The van der Waals surface area contributed by atoms with Crippen LogP contribution in [0.3, 0.4) is 0 Å². The average Bonchev–Trinajstić information content (AvgIpc) is 2.68. The lowest BCUT2D eigenvalue weighted by Crippen LogP contribution is -2.55. The molecule has 0 saturated heterocycles. The number of carbonyl (C=O) groups is 2. The molecule has 0 aliphatic heterocycles. The van der Waals surface area contributed by atoms with Crippen molar-refractivity contribution in [1.29, 1.82) is 0 Å². The first-order chi connectivity index (χ1) is 13.1. The molecular weight excluding hydrogens is 380 g/mol. The summed E-state index contributed by atoms with van der Waals surface area (Å²) in [5.41, 5.74) is 0.925. The van der Waals surface area contributed by atoms with Crippen molar-refractivity contribution in [2.24, 2.45) is 11.8 Å². The van der Waals surface area contributed by atoms with Crippen LogP contribution in [0.15, 0.2) is 41.8 Å². The van der Waals surface area contributed by atoms with Gasteiger partial charge >= 0.3 is 5.97 Å². The minimum Gasteiger partial charge on any atom is -0.467 e. The standard InChI is InChI=1S/C20H30N2O5S/c1-7-14(4)17(19(23)21-18(15(5)8-2)20(24)27-6)22-28(25,26)16-11-9-13(3)10-12-16/h8-12,14-15,17-18,22H,2,7H2,1,3-6H3,(H,21,23)/t14-,15+,17-,18-/m0/s1. The summed E-state index contributed by atoms with van der Waals surface area (Å²) in [4.78, 5) is 25.0. The molecule has 4 atom stereocenters. The van der Waals surface area contributed by atoms with Crippen LogP contribution < -0.4 is 10.0 Å². The molecular formula is C20H30N2O5S. The van der Waals surface area contributed by atoms with Gasteiger partial charge in [0.1, 0.15) is 12.1 Å². The zero-order valence-corrected chi connectivity index (χ0v) is 17.9. The fourth-order valence-electron chi connectivity index (χ4n) is 2.53. The maximum atomic E-state index is 12.9. The van der Waals surface area contributed by atoms with Gasteiger partial charge < -0.3 is 10.1 Å². The van der Waals surface area contributed by atoms with Crippen LogP contribution in [0, 0.1) is 18.8 Å². The summed E-state index contributed by atoms with van der Waals surface area (Å²) in [6, 6.07) is 4.35. The summed E-state index contributed by atoms with van der Waals surface area (Å²) in [6.45, 7) is 10.8. The number of amides is 1. The molecule has 1 aromatic carbocycles. The molecule has 156 valence electrons. The first-order valence-corrected chi connectivity index (χ1v) is 10.6. The van der Waals surface area contributed by atoms with Gasteiger partial charge in [-0.05, 0) is 25.0 Å². The van der Waals surface area contributed by atoms with E-state index in [1.165, 1.54) is 25.3 Å². The molecule has 0 aliphatic carbocycles. The van der Waals surface area contributed by atoms with Crippen LogP contribution in [0.2, 0.25) is 0 Å². The number of hydrogen-bond acceptors (Lipinski definition) is 5. The highest BCUT2D eigenvalue weighted by atomic mass is 32.2. The number of methoxy groups -OCH3 is 1. The van der Waals surface area contributed by atoms with Crippen LogP contribution in [0.5, 0.6) is 0 Å². The van der Waals surface area contributed by atoms with Crippen molar-refractivity contribution in [3.63, 3.8) is 0 Å². The van der Waals surface area contributed by atoms with Crippen molar-refractivity contribution < 1.29 is 22.7 Å². The highest BCUT2D eigenvalue weighted by Crippen LogP contribution is 2.16. The van der Waals surface area contributed by atoms with Gasteiger partial charge in [-0.25, -0.2) is 13.2 Å². The number of carbonyl (C=O) groups excluding carboxylic acids is 2. The third-order valence-electron chi connectivity index (χ3n) is 4.76. The number of hydrogen-bond donors (Lipinski definition) is 2. The molecule has 0 radical (unpaired) electrons. The van der Waals surface area contributed by atoms with Crippen molar-refractivity contribution in [2.75, 3.05) is 7.11 Å². The number of aryl methyl sites for hydroxylation is 1. The van der Waals surface area contributed by atoms with Crippen LogP contribution in [0.4, 0.5) is 0 Å². The largest absolute Gasteiger partial charge is 0.467 e. The van der Waals surface area contributed by atoms with E-state index in [1.807, 2.05) is 13.8 Å². The monoisotopic (exact) mass is 410 g/mol. The van der Waals surface area contributed by atoms with Gasteiger partial charge in [0.05, 0.1) is 12.0 Å². The Morgan fingerprint density at radius 2 is 1.75 bits per heavy atom. The predicted molar refractivity (Wildman–Crippen MR) is 108 cm³/mol. The second kappa shape index (κ2) is 10.4. The Bertz CT molecular complexity index is 789. The number of benzene rings is 1. The molecule has 0 spiro atoms. The molecule has 0 heterocycles. The number of ether oxygens (including phenoxy) is 1. The van der Waals surface area contributed by atoms with Crippen molar-refractivity contribution >= 4 is 21.9 Å². The third-order valence-corrected chi connectivity index (χ3v) is 6.22. The summed E-state index contributed by atoms with van der Waals surface area (Å²) in [5, 5.41) is 2.61. The van der Waals surface area contributed by atoms with Gasteiger partial charge in [-0.3, -0.25) is 4.79 Å². The zero-order chi connectivity index (χ0) is 21.5. The summed E-state index contributed by atoms with van der Waals surface area (Å²) in [7, 11) is -2.69. The van der Waals surface area contributed by atoms with E-state index < -0.39 is 34.0 Å². The Morgan fingerprint density at radius 1 is 1.18 bits per heavy atom. The van der Waals surface area contributed by atoms with E-state index in [2.05, 4.69) is 16.6 Å². The second-order valence-electron chi connectivity index (χ2n) is 6.90. The molecule has 0 saturated carbocycles. The number of rotatable bonds is 10. The first-order valence-electron chi connectivity index (χ1n) is 9.17.